The number of carbonyl (C=O) groups is 1. The summed E-state index contributed by atoms with van der Waals surface area (Å²) in [6.07, 6.45) is -7.41. The zero-order valence-corrected chi connectivity index (χ0v) is 21.9. The lowest BCUT2D eigenvalue weighted by atomic mass is 9.95. The standard InChI is InChI=1S/C23H14BrCl2F7N4O/c1-37(21-34-5-2-6-35-21)36-20(38)13-4-3-11(7-15(13)23(31,32)33)18(27)10-14(22(28,29)30)12-8-16(24)19(26)17(25)9-12/h2-10,14H,1H3,(H,36,38). The maximum absolute atomic E-state index is 15.0. The maximum atomic E-state index is 15.0. The monoisotopic (exact) mass is 644 g/mol. The first-order valence-corrected chi connectivity index (χ1v) is 11.8. The molecule has 0 spiro atoms. The lowest BCUT2D eigenvalue weighted by molar-refractivity contribution is -0.140. The van der Waals surface area contributed by atoms with E-state index in [1.165, 1.54) is 25.5 Å². The van der Waals surface area contributed by atoms with Crippen molar-refractivity contribution in [1.29, 1.82) is 0 Å². The van der Waals surface area contributed by atoms with Crippen LogP contribution in [0.25, 0.3) is 5.83 Å². The molecule has 2 aromatic carbocycles. The zero-order chi connectivity index (χ0) is 28.4. The number of nitrogens with one attached hydrogen (secondary N) is 1. The highest BCUT2D eigenvalue weighted by Crippen LogP contribution is 2.43. The minimum Gasteiger partial charge on any atom is -0.267 e. The van der Waals surface area contributed by atoms with Gasteiger partial charge in [0.05, 0.1) is 21.2 Å². The van der Waals surface area contributed by atoms with Crippen LogP contribution in [0.1, 0.15) is 33.0 Å². The van der Waals surface area contributed by atoms with Gasteiger partial charge in [-0.3, -0.25) is 15.2 Å². The molecule has 0 saturated carbocycles. The first-order chi connectivity index (χ1) is 17.6. The van der Waals surface area contributed by atoms with Gasteiger partial charge >= 0.3 is 12.4 Å². The molecule has 1 N–H and O–H groups in total. The van der Waals surface area contributed by atoms with Crippen molar-refractivity contribution >= 4 is 56.8 Å². The molecular weight excluding hydrogens is 632 g/mol. The molecule has 0 bridgehead atoms. The van der Waals surface area contributed by atoms with Gasteiger partial charge in [-0.1, -0.05) is 29.3 Å². The number of allylic oxidation sites excluding steroid dienone is 1. The highest BCUT2D eigenvalue weighted by atomic mass is 79.9. The van der Waals surface area contributed by atoms with E-state index in [-0.39, 0.29) is 32.6 Å². The Bertz CT molecular complexity index is 1350. The van der Waals surface area contributed by atoms with Crippen molar-refractivity contribution < 1.29 is 35.5 Å². The smallest absolute Gasteiger partial charge is 0.267 e. The van der Waals surface area contributed by atoms with E-state index in [9.17, 15) is 31.1 Å². The fraction of sp³-hybridized carbons (Fsp3) is 0.174. The molecule has 3 aromatic rings. The number of benzene rings is 2. The number of anilines is 1. The van der Waals surface area contributed by atoms with Gasteiger partial charge in [-0.05, 0) is 57.9 Å². The summed E-state index contributed by atoms with van der Waals surface area (Å²) in [6.45, 7) is 0. The molecule has 0 aliphatic carbocycles. The van der Waals surface area contributed by atoms with Crippen LogP contribution in [-0.2, 0) is 6.18 Å². The molecule has 0 aliphatic rings. The number of hydrazine groups is 1. The summed E-state index contributed by atoms with van der Waals surface area (Å²) in [5.41, 5.74) is -1.67. The quantitative estimate of drug-likeness (QED) is 0.168. The Morgan fingerprint density at radius 3 is 2.26 bits per heavy atom. The van der Waals surface area contributed by atoms with Crippen LogP contribution in [0.4, 0.5) is 36.7 Å². The number of hydrogen-bond acceptors (Lipinski definition) is 4. The molecule has 0 saturated heterocycles. The number of hydrogen-bond donors (Lipinski definition) is 1. The van der Waals surface area contributed by atoms with Crippen LogP contribution in [0, 0.1) is 0 Å². The average molecular weight is 646 g/mol. The Morgan fingerprint density at radius 1 is 1.08 bits per heavy atom. The molecule has 0 fully saturated rings. The fourth-order valence-electron chi connectivity index (χ4n) is 3.23. The van der Waals surface area contributed by atoms with Gasteiger partial charge in [0.15, 0.2) is 0 Å². The van der Waals surface area contributed by atoms with Crippen LogP contribution < -0.4 is 10.4 Å². The summed E-state index contributed by atoms with van der Waals surface area (Å²) >= 11 is 14.6. The van der Waals surface area contributed by atoms with Gasteiger partial charge < -0.3 is 0 Å². The van der Waals surface area contributed by atoms with Gasteiger partial charge in [0.25, 0.3) is 5.91 Å². The summed E-state index contributed by atoms with van der Waals surface area (Å²) in [5.74, 6) is -5.46. The number of halogens is 10. The summed E-state index contributed by atoms with van der Waals surface area (Å²) in [6, 6.07) is 4.98. The van der Waals surface area contributed by atoms with Gasteiger partial charge in [0, 0.05) is 29.5 Å². The van der Waals surface area contributed by atoms with Crippen LogP contribution in [0.5, 0.6) is 0 Å². The van der Waals surface area contributed by atoms with Crippen molar-refractivity contribution in [3.8, 4) is 0 Å². The van der Waals surface area contributed by atoms with E-state index in [1.807, 2.05) is 0 Å². The van der Waals surface area contributed by atoms with Gasteiger partial charge in [-0.15, -0.1) is 0 Å². The molecule has 1 atom stereocenters. The van der Waals surface area contributed by atoms with Crippen LogP contribution in [0.2, 0.25) is 10.0 Å². The van der Waals surface area contributed by atoms with E-state index in [0.29, 0.717) is 6.07 Å². The van der Waals surface area contributed by atoms with Gasteiger partial charge in [0.2, 0.25) is 5.95 Å². The largest absolute Gasteiger partial charge is 0.417 e. The van der Waals surface area contributed by atoms with Gasteiger partial charge in [-0.25, -0.2) is 14.4 Å². The highest BCUT2D eigenvalue weighted by molar-refractivity contribution is 9.10. The molecule has 3 rings (SSSR count). The Hall–Kier alpha value is -2.90. The molecule has 1 unspecified atom stereocenters. The third kappa shape index (κ3) is 6.94. The maximum Gasteiger partial charge on any atom is 0.417 e. The van der Waals surface area contributed by atoms with E-state index < -0.39 is 52.3 Å². The lowest BCUT2D eigenvalue weighted by Crippen LogP contribution is -2.41. The third-order valence-electron chi connectivity index (χ3n) is 5.00. The van der Waals surface area contributed by atoms with Crippen molar-refractivity contribution in [1.82, 2.24) is 15.4 Å². The van der Waals surface area contributed by atoms with Gasteiger partial charge in [0.1, 0.15) is 11.7 Å². The lowest BCUT2D eigenvalue weighted by Gasteiger charge is -2.20. The second-order valence-electron chi connectivity index (χ2n) is 7.64. The molecule has 15 heteroatoms. The molecule has 5 nitrogen and oxygen atoms in total. The average Bonchev–Trinajstić information content (AvgIpc) is 2.84. The van der Waals surface area contributed by atoms with Crippen molar-refractivity contribution in [2.75, 3.05) is 12.1 Å². The van der Waals surface area contributed by atoms with Crippen LogP contribution >= 0.6 is 39.1 Å². The third-order valence-corrected chi connectivity index (χ3v) is 6.65. The number of alkyl halides is 6. The van der Waals surface area contributed by atoms with Crippen molar-refractivity contribution in [2.24, 2.45) is 0 Å². The molecule has 0 radical (unpaired) electrons. The van der Waals surface area contributed by atoms with Crippen molar-refractivity contribution in [2.45, 2.75) is 18.3 Å². The molecule has 0 aliphatic heterocycles. The fourth-order valence-corrected chi connectivity index (χ4v) is 4.16. The Kier molecular flexibility index (Phi) is 8.94. The minimum absolute atomic E-state index is 0.00492. The van der Waals surface area contributed by atoms with Crippen molar-refractivity contribution in [3.63, 3.8) is 0 Å². The Labute approximate surface area is 229 Å². The topological polar surface area (TPSA) is 58.1 Å². The van der Waals surface area contributed by atoms with E-state index in [0.717, 1.165) is 23.2 Å². The molecule has 1 aromatic heterocycles. The first kappa shape index (κ1) is 29.7. The number of aromatic nitrogens is 2. The second-order valence-corrected chi connectivity index (χ2v) is 9.28. The van der Waals surface area contributed by atoms with E-state index in [2.05, 4.69) is 31.3 Å². The second kappa shape index (κ2) is 11.5. The van der Waals surface area contributed by atoms with E-state index in [1.54, 1.807) is 0 Å². The number of carbonyl (C=O) groups excluding carboxylic acids is 1. The molecule has 38 heavy (non-hydrogen) atoms. The van der Waals surface area contributed by atoms with E-state index in [4.69, 9.17) is 23.2 Å². The van der Waals surface area contributed by atoms with Crippen LogP contribution in [0.15, 0.2) is 59.3 Å². The predicted octanol–water partition coefficient (Wildman–Crippen LogP) is 8.00. The van der Waals surface area contributed by atoms with Gasteiger partial charge in [-0.2, -0.15) is 26.3 Å². The van der Waals surface area contributed by atoms with Crippen molar-refractivity contribution in [3.05, 3.63) is 91.6 Å². The normalized spacial score (nSPS) is 13.3. The minimum atomic E-state index is -5.15. The summed E-state index contributed by atoms with van der Waals surface area (Å²) < 4.78 is 97.8. The molecule has 202 valence electrons. The number of amides is 1. The van der Waals surface area contributed by atoms with E-state index >= 15 is 4.39 Å². The van der Waals surface area contributed by atoms with Crippen LogP contribution in [-0.4, -0.2) is 29.1 Å². The molecular formula is C23H14BrCl2F7N4O. The highest BCUT2D eigenvalue weighted by Gasteiger charge is 2.41. The summed E-state index contributed by atoms with van der Waals surface area (Å²) in [7, 11) is 1.27. The Balaban J connectivity index is 2.01. The van der Waals surface area contributed by atoms with Crippen LogP contribution in [0.3, 0.4) is 0 Å². The SMILES string of the molecule is CN(NC(=O)c1ccc(C(F)=CC(c2cc(Cl)c(Cl)c(Br)c2)C(F)(F)F)cc1C(F)(F)F)c1ncccn1. The Morgan fingerprint density at radius 2 is 1.71 bits per heavy atom. The molecule has 1 heterocycles. The first-order valence-electron chi connectivity index (χ1n) is 10.2. The predicted molar refractivity (Wildman–Crippen MR) is 131 cm³/mol. The number of rotatable bonds is 6. The zero-order valence-electron chi connectivity index (χ0n) is 18.8. The molecule has 1 amide bonds. The summed E-state index contributed by atoms with van der Waals surface area (Å²) in [5, 5.41) is 0.633. The summed E-state index contributed by atoms with van der Waals surface area (Å²) in [4.78, 5) is 20.2. The number of nitrogens with zero attached hydrogens (tertiary/aromatic N) is 3.